The first kappa shape index (κ1) is 28.7. The van der Waals surface area contributed by atoms with E-state index in [1.54, 1.807) is 24.5 Å². The van der Waals surface area contributed by atoms with E-state index in [1.807, 2.05) is 42.5 Å². The number of nitrogens with one attached hydrogen (secondary N) is 1. The highest BCUT2D eigenvalue weighted by Crippen LogP contribution is 2.42. The zero-order valence-corrected chi connectivity index (χ0v) is 23.3. The molecule has 4 atom stereocenters. The van der Waals surface area contributed by atoms with Gasteiger partial charge in [-0.3, -0.25) is 10.2 Å². The number of aliphatic hydroxyl groups is 1. The predicted octanol–water partition coefficient (Wildman–Crippen LogP) is 4.32. The molecule has 5 rings (SSSR count). The van der Waals surface area contributed by atoms with Gasteiger partial charge in [0.25, 0.3) is 0 Å². The average molecular weight is 560 g/mol. The summed E-state index contributed by atoms with van der Waals surface area (Å²) in [6.07, 6.45) is 3.66. The van der Waals surface area contributed by atoms with Gasteiger partial charge in [-0.15, -0.1) is 0 Å². The third-order valence-corrected chi connectivity index (χ3v) is 7.53. The molecule has 3 aromatic rings. The fourth-order valence-electron chi connectivity index (χ4n) is 5.18. The number of hydrogen-bond donors (Lipinski definition) is 2. The highest BCUT2D eigenvalue weighted by Gasteiger charge is 2.39. The van der Waals surface area contributed by atoms with Crippen LogP contribution in [0, 0.1) is 5.92 Å². The molecule has 0 bridgehead atoms. The van der Waals surface area contributed by atoms with E-state index in [-0.39, 0.29) is 31.3 Å². The molecule has 2 aromatic carbocycles. The van der Waals surface area contributed by atoms with Crippen LogP contribution in [-0.4, -0.2) is 71.5 Å². The van der Waals surface area contributed by atoms with Crippen molar-refractivity contribution in [2.24, 2.45) is 5.92 Å². The third-order valence-electron chi connectivity index (χ3n) is 7.53. The number of amides is 1. The molecule has 4 unspecified atom stereocenters. The molecule has 2 aliphatic rings. The highest BCUT2D eigenvalue weighted by molar-refractivity contribution is 5.84. The van der Waals surface area contributed by atoms with Gasteiger partial charge in [0.15, 0.2) is 6.29 Å². The van der Waals surface area contributed by atoms with Gasteiger partial charge in [-0.05, 0) is 29.3 Å². The lowest BCUT2D eigenvalue weighted by Gasteiger charge is -2.44. The minimum atomic E-state index is -0.584. The van der Waals surface area contributed by atoms with Gasteiger partial charge in [0.1, 0.15) is 6.61 Å². The molecule has 1 amide bonds. The number of carbonyl (C=O) groups is 1. The minimum absolute atomic E-state index is 0.00274. The van der Waals surface area contributed by atoms with Crippen molar-refractivity contribution in [2.75, 3.05) is 49.5 Å². The summed E-state index contributed by atoms with van der Waals surface area (Å²) in [7, 11) is 0. The van der Waals surface area contributed by atoms with Crippen LogP contribution >= 0.6 is 0 Å². The van der Waals surface area contributed by atoms with Gasteiger partial charge in [0.05, 0.1) is 18.8 Å². The second kappa shape index (κ2) is 13.7. The van der Waals surface area contributed by atoms with Crippen LogP contribution in [-0.2, 0) is 20.8 Å². The number of benzene rings is 2. The molecule has 0 radical (unpaired) electrons. The van der Waals surface area contributed by atoms with Crippen LogP contribution in [0.15, 0.2) is 79.6 Å². The first-order valence-electron chi connectivity index (χ1n) is 13.9. The molecule has 0 aliphatic carbocycles. The molecule has 0 saturated carbocycles. The summed E-state index contributed by atoms with van der Waals surface area (Å²) in [6.45, 7) is 10.1. The lowest BCUT2D eigenvalue weighted by atomic mass is 9.90. The topological polar surface area (TPSA) is 109 Å². The van der Waals surface area contributed by atoms with Crippen molar-refractivity contribution in [2.45, 2.75) is 32.0 Å². The number of ether oxygens (including phenoxy) is 3. The molecular weight excluding hydrogens is 522 g/mol. The maximum atomic E-state index is 11.9. The van der Waals surface area contributed by atoms with Crippen molar-refractivity contribution in [3.8, 4) is 0 Å². The summed E-state index contributed by atoms with van der Waals surface area (Å²) in [6, 6.07) is 17.1. The quantitative estimate of drug-likeness (QED) is 0.371. The number of hydrogen-bond acceptors (Lipinski definition) is 9. The van der Waals surface area contributed by atoms with Crippen molar-refractivity contribution in [3.05, 3.63) is 96.3 Å². The summed E-state index contributed by atoms with van der Waals surface area (Å²) in [5, 5.41) is 12.2. The Morgan fingerprint density at radius 3 is 2.39 bits per heavy atom. The first-order valence-corrected chi connectivity index (χ1v) is 13.9. The van der Waals surface area contributed by atoms with Gasteiger partial charge in [-0.1, -0.05) is 56.0 Å². The normalized spacial score (nSPS) is 23.1. The number of carbonyl (C=O) groups excluding carboxylic acids is 1. The Morgan fingerprint density at radius 2 is 1.73 bits per heavy atom. The van der Waals surface area contributed by atoms with Gasteiger partial charge in [0, 0.05) is 62.3 Å². The van der Waals surface area contributed by atoms with E-state index >= 15 is 0 Å². The maximum Gasteiger partial charge on any atom is 0.411 e. The third kappa shape index (κ3) is 7.28. The molecule has 216 valence electrons. The second-order valence-corrected chi connectivity index (χ2v) is 10.3. The minimum Gasteiger partial charge on any atom is -0.445 e. The van der Waals surface area contributed by atoms with Gasteiger partial charge in [-0.2, -0.15) is 0 Å². The lowest BCUT2D eigenvalue weighted by molar-refractivity contribution is -0.276. The number of aromatic nitrogens is 2. The van der Waals surface area contributed by atoms with Gasteiger partial charge < -0.3 is 24.2 Å². The van der Waals surface area contributed by atoms with Crippen LogP contribution in [0.25, 0.3) is 0 Å². The summed E-state index contributed by atoms with van der Waals surface area (Å²) < 4.78 is 18.2. The molecule has 41 heavy (non-hydrogen) atoms. The van der Waals surface area contributed by atoms with Crippen LogP contribution in [0.4, 0.5) is 16.4 Å². The zero-order valence-electron chi connectivity index (χ0n) is 23.3. The second-order valence-electron chi connectivity index (χ2n) is 10.3. The van der Waals surface area contributed by atoms with Crippen LogP contribution in [0.3, 0.4) is 0 Å². The fraction of sp³-hybridized carbons (Fsp3) is 0.387. The van der Waals surface area contributed by atoms with Crippen molar-refractivity contribution < 1.29 is 24.1 Å². The summed E-state index contributed by atoms with van der Waals surface area (Å²) >= 11 is 0. The molecule has 3 heterocycles. The van der Waals surface area contributed by atoms with Crippen molar-refractivity contribution in [1.29, 1.82) is 0 Å². The van der Waals surface area contributed by atoms with Crippen LogP contribution < -0.4 is 10.2 Å². The van der Waals surface area contributed by atoms with Crippen LogP contribution in [0.2, 0.25) is 0 Å². The maximum absolute atomic E-state index is 11.9. The van der Waals surface area contributed by atoms with Crippen molar-refractivity contribution >= 4 is 17.7 Å². The standard InChI is InChI=1S/C31H37N5O5/c1-3-19-39-31(38)34-26-11-9-25(10-12-26)29-40-27(22(2)28(41-29)24-7-5-23(21-37)6-8-24)20-35-15-17-36(18-16-35)30-32-13-4-14-33-30/h3-14,22,27-29,37H,1,15-21H2,2H3,(H,34,38). The van der Waals surface area contributed by atoms with Crippen molar-refractivity contribution in [3.63, 3.8) is 0 Å². The molecule has 2 fully saturated rings. The average Bonchev–Trinajstić information content (AvgIpc) is 3.02. The van der Waals surface area contributed by atoms with Crippen molar-refractivity contribution in [1.82, 2.24) is 14.9 Å². The molecule has 2 aliphatic heterocycles. The Kier molecular flexibility index (Phi) is 9.58. The van der Waals surface area contributed by atoms with Gasteiger partial charge in [0.2, 0.25) is 5.95 Å². The SMILES string of the molecule is C=CCOC(=O)Nc1ccc(C2OC(CN3CCN(c4ncccn4)CC3)C(C)C(c3ccc(CO)cc3)O2)cc1. The molecular formula is C31H37N5O5. The Hall–Kier alpha value is -3.83. The summed E-state index contributed by atoms with van der Waals surface area (Å²) in [5.74, 6) is 0.850. The molecule has 1 aromatic heterocycles. The molecule has 10 nitrogen and oxygen atoms in total. The van der Waals surface area contributed by atoms with Crippen LogP contribution in [0.5, 0.6) is 0 Å². The van der Waals surface area contributed by atoms with Crippen LogP contribution in [0.1, 0.15) is 36.0 Å². The summed E-state index contributed by atoms with van der Waals surface area (Å²) in [4.78, 5) is 25.3. The summed E-state index contributed by atoms with van der Waals surface area (Å²) in [5.41, 5.74) is 3.37. The number of nitrogens with zero attached hydrogens (tertiary/aromatic N) is 4. The number of piperazine rings is 1. The van der Waals surface area contributed by atoms with Gasteiger partial charge in [-0.25, -0.2) is 14.8 Å². The van der Waals surface area contributed by atoms with E-state index < -0.39 is 12.4 Å². The highest BCUT2D eigenvalue weighted by atomic mass is 16.7. The zero-order chi connectivity index (χ0) is 28.6. The Labute approximate surface area is 240 Å². The lowest BCUT2D eigenvalue weighted by Crippen LogP contribution is -2.51. The molecule has 2 saturated heterocycles. The van der Waals surface area contributed by atoms with Gasteiger partial charge >= 0.3 is 6.09 Å². The van der Waals surface area contributed by atoms with E-state index in [0.717, 1.165) is 55.4 Å². The monoisotopic (exact) mass is 559 g/mol. The Bertz CT molecular complexity index is 1270. The Balaban J connectivity index is 1.29. The van der Waals surface area contributed by atoms with E-state index in [4.69, 9.17) is 14.2 Å². The van der Waals surface area contributed by atoms with E-state index in [9.17, 15) is 9.90 Å². The largest absolute Gasteiger partial charge is 0.445 e. The number of rotatable bonds is 9. The van der Waals surface area contributed by atoms with E-state index in [2.05, 4.69) is 38.6 Å². The van der Waals surface area contributed by atoms with E-state index in [0.29, 0.717) is 5.69 Å². The molecule has 0 spiro atoms. The fourth-order valence-corrected chi connectivity index (χ4v) is 5.18. The first-order chi connectivity index (χ1) is 20.0. The van der Waals surface area contributed by atoms with E-state index in [1.165, 1.54) is 6.08 Å². The molecule has 2 N–H and O–H groups in total. The smallest absolute Gasteiger partial charge is 0.411 e. The number of aliphatic hydroxyl groups excluding tert-OH is 1. The Morgan fingerprint density at radius 1 is 1.05 bits per heavy atom. The number of anilines is 2. The predicted molar refractivity (Wildman–Crippen MR) is 155 cm³/mol. The molecule has 10 heteroatoms.